The van der Waals surface area contributed by atoms with Crippen LogP contribution in [0.2, 0.25) is 5.02 Å². The molecule has 0 radical (unpaired) electrons. The van der Waals surface area contributed by atoms with E-state index in [0.717, 1.165) is 27.2 Å². The van der Waals surface area contributed by atoms with Crippen LogP contribution in [0.4, 0.5) is 5.69 Å². The summed E-state index contributed by atoms with van der Waals surface area (Å²) in [7, 11) is 0. The Kier molecular flexibility index (Phi) is 4.97. The summed E-state index contributed by atoms with van der Waals surface area (Å²) in [5.41, 5.74) is 3.26. The third-order valence-corrected chi connectivity index (χ3v) is 6.34. The highest BCUT2D eigenvalue weighted by molar-refractivity contribution is 7.20. The number of carbonyl (C=O) groups excluding carboxylic acids is 1. The zero-order chi connectivity index (χ0) is 21.4. The first-order valence-corrected chi connectivity index (χ1v) is 10.6. The molecule has 0 saturated heterocycles. The Morgan fingerprint density at radius 2 is 2.03 bits per heavy atom. The fourth-order valence-corrected chi connectivity index (χ4v) is 4.57. The van der Waals surface area contributed by atoms with E-state index in [2.05, 4.69) is 25.9 Å². The van der Waals surface area contributed by atoms with E-state index in [1.54, 1.807) is 0 Å². The molecule has 1 amide bonds. The molecule has 154 valence electrons. The monoisotopic (exact) mass is 449 g/mol. The summed E-state index contributed by atoms with van der Waals surface area (Å²) in [5, 5.41) is 20.4. The quantitative estimate of drug-likeness (QED) is 0.431. The van der Waals surface area contributed by atoms with Crippen LogP contribution in [0.5, 0.6) is 0 Å². The molecule has 0 aliphatic rings. The average molecular weight is 450 g/mol. The maximum Gasteiger partial charge on any atom is 0.265 e. The van der Waals surface area contributed by atoms with Crippen LogP contribution >= 0.6 is 22.9 Å². The van der Waals surface area contributed by atoms with Crippen molar-refractivity contribution in [3.8, 4) is 5.69 Å². The summed E-state index contributed by atoms with van der Waals surface area (Å²) >= 11 is 7.72. The van der Waals surface area contributed by atoms with E-state index in [9.17, 15) is 4.79 Å². The van der Waals surface area contributed by atoms with Crippen LogP contribution < -0.4 is 5.32 Å². The Bertz CT molecular complexity index is 1390. The van der Waals surface area contributed by atoms with E-state index in [0.29, 0.717) is 22.1 Å². The molecule has 0 saturated carbocycles. The van der Waals surface area contributed by atoms with E-state index in [-0.39, 0.29) is 5.91 Å². The molecular formula is C21H16ClN7OS. The number of amides is 1. The van der Waals surface area contributed by atoms with Crippen molar-refractivity contribution in [2.45, 2.75) is 13.5 Å². The van der Waals surface area contributed by atoms with Crippen LogP contribution in [0, 0.1) is 6.92 Å². The SMILES string of the molecule is Cc1nn(Cc2ccccc2Cl)c2sc(C(=O)Nc3cccc(-n4cnnn4)c3)cc12. The number of fused-ring (bicyclic) bond motifs is 1. The van der Waals surface area contributed by atoms with Gasteiger partial charge < -0.3 is 5.32 Å². The number of aromatic nitrogens is 6. The highest BCUT2D eigenvalue weighted by atomic mass is 35.5. The van der Waals surface area contributed by atoms with Gasteiger partial charge in [-0.15, -0.1) is 16.4 Å². The van der Waals surface area contributed by atoms with Gasteiger partial charge in [0, 0.05) is 16.1 Å². The predicted octanol–water partition coefficient (Wildman–Crippen LogP) is 4.34. The molecule has 0 aliphatic carbocycles. The molecule has 0 aliphatic heterocycles. The van der Waals surface area contributed by atoms with E-state index in [1.165, 1.54) is 22.3 Å². The van der Waals surface area contributed by atoms with Crippen molar-refractivity contribution in [1.29, 1.82) is 0 Å². The first-order valence-electron chi connectivity index (χ1n) is 9.43. The topological polar surface area (TPSA) is 90.5 Å². The van der Waals surface area contributed by atoms with E-state index in [1.807, 2.05) is 66.2 Å². The lowest BCUT2D eigenvalue weighted by Crippen LogP contribution is -2.10. The highest BCUT2D eigenvalue weighted by Crippen LogP contribution is 2.30. The van der Waals surface area contributed by atoms with Gasteiger partial charge >= 0.3 is 0 Å². The van der Waals surface area contributed by atoms with Crippen LogP contribution in [0.1, 0.15) is 20.9 Å². The Morgan fingerprint density at radius 3 is 2.84 bits per heavy atom. The number of benzene rings is 2. The zero-order valence-corrected chi connectivity index (χ0v) is 17.9. The summed E-state index contributed by atoms with van der Waals surface area (Å²) in [5.74, 6) is -0.182. The predicted molar refractivity (Wildman–Crippen MR) is 120 cm³/mol. The number of carbonyl (C=O) groups is 1. The second-order valence-electron chi connectivity index (χ2n) is 6.92. The van der Waals surface area contributed by atoms with Crippen LogP contribution in [-0.2, 0) is 6.54 Å². The number of nitrogens with one attached hydrogen (secondary N) is 1. The lowest BCUT2D eigenvalue weighted by atomic mass is 10.2. The van der Waals surface area contributed by atoms with Gasteiger partial charge in [0.2, 0.25) is 0 Å². The number of aryl methyl sites for hydroxylation is 1. The molecule has 8 nitrogen and oxygen atoms in total. The van der Waals surface area contributed by atoms with Gasteiger partial charge in [-0.05, 0) is 53.2 Å². The number of rotatable bonds is 5. The number of nitrogens with zero attached hydrogens (tertiary/aromatic N) is 6. The number of tetrazole rings is 1. The Balaban J connectivity index is 1.41. The highest BCUT2D eigenvalue weighted by Gasteiger charge is 2.17. The Hall–Kier alpha value is -3.56. The van der Waals surface area contributed by atoms with Crippen LogP contribution in [0.3, 0.4) is 0 Å². The molecule has 0 unspecified atom stereocenters. The second-order valence-corrected chi connectivity index (χ2v) is 8.36. The minimum Gasteiger partial charge on any atom is -0.321 e. The first kappa shape index (κ1) is 19.4. The molecule has 31 heavy (non-hydrogen) atoms. The van der Waals surface area contributed by atoms with Gasteiger partial charge in [-0.1, -0.05) is 35.9 Å². The largest absolute Gasteiger partial charge is 0.321 e. The first-order chi connectivity index (χ1) is 15.1. The number of thiophene rings is 1. The lowest BCUT2D eigenvalue weighted by molar-refractivity contribution is 0.103. The molecule has 10 heteroatoms. The van der Waals surface area contributed by atoms with Gasteiger partial charge in [0.05, 0.1) is 22.8 Å². The van der Waals surface area contributed by atoms with Gasteiger partial charge in [0.1, 0.15) is 11.2 Å². The van der Waals surface area contributed by atoms with Crippen LogP contribution in [0.15, 0.2) is 60.9 Å². The molecular weight excluding hydrogens is 434 g/mol. The molecule has 3 heterocycles. The number of hydrogen-bond donors (Lipinski definition) is 1. The van der Waals surface area contributed by atoms with Crippen molar-refractivity contribution in [3.05, 3.63) is 82.1 Å². The summed E-state index contributed by atoms with van der Waals surface area (Å²) in [6, 6.07) is 16.9. The van der Waals surface area contributed by atoms with Gasteiger partial charge in [0.25, 0.3) is 5.91 Å². The van der Waals surface area contributed by atoms with Gasteiger partial charge in [-0.3, -0.25) is 9.48 Å². The third-order valence-electron chi connectivity index (χ3n) is 4.83. The normalized spacial score (nSPS) is 11.2. The molecule has 5 rings (SSSR count). The van der Waals surface area contributed by atoms with E-state index >= 15 is 0 Å². The van der Waals surface area contributed by atoms with Gasteiger partial charge in [-0.25, -0.2) is 4.68 Å². The summed E-state index contributed by atoms with van der Waals surface area (Å²) in [4.78, 5) is 14.5. The van der Waals surface area contributed by atoms with Gasteiger partial charge in [0.15, 0.2) is 0 Å². The van der Waals surface area contributed by atoms with Crippen LogP contribution in [0.25, 0.3) is 15.9 Å². The summed E-state index contributed by atoms with van der Waals surface area (Å²) in [6.45, 7) is 2.48. The third kappa shape index (κ3) is 3.80. The molecule has 0 spiro atoms. The van der Waals surface area contributed by atoms with Crippen molar-refractivity contribution >= 4 is 44.7 Å². The number of halogens is 1. The number of hydrogen-bond acceptors (Lipinski definition) is 6. The average Bonchev–Trinajstić information content (AvgIpc) is 3.50. The fourth-order valence-electron chi connectivity index (χ4n) is 3.32. The zero-order valence-electron chi connectivity index (χ0n) is 16.4. The minimum absolute atomic E-state index is 0.182. The summed E-state index contributed by atoms with van der Waals surface area (Å²) < 4.78 is 3.42. The molecule has 0 fully saturated rings. The number of anilines is 1. The Labute approximate surface area is 186 Å². The van der Waals surface area contributed by atoms with Crippen LogP contribution in [-0.4, -0.2) is 35.9 Å². The van der Waals surface area contributed by atoms with E-state index < -0.39 is 0 Å². The van der Waals surface area contributed by atoms with E-state index in [4.69, 9.17) is 11.6 Å². The van der Waals surface area contributed by atoms with Crippen molar-refractivity contribution in [2.75, 3.05) is 5.32 Å². The molecule has 5 aromatic rings. The molecule has 3 aromatic heterocycles. The standard InChI is InChI=1S/C21H16ClN7OS/c1-13-17-10-19(31-21(17)28(25-13)11-14-5-2-3-8-18(14)22)20(30)24-15-6-4-7-16(9-15)29-12-23-26-27-29/h2-10,12H,11H2,1H3,(H,24,30). The Morgan fingerprint density at radius 1 is 1.16 bits per heavy atom. The fraction of sp³-hybridized carbons (Fsp3) is 0.0952. The van der Waals surface area contributed by atoms with Crippen molar-refractivity contribution < 1.29 is 4.79 Å². The van der Waals surface area contributed by atoms with Crippen molar-refractivity contribution in [2.24, 2.45) is 0 Å². The maximum absolute atomic E-state index is 12.9. The summed E-state index contributed by atoms with van der Waals surface area (Å²) in [6.07, 6.45) is 1.50. The molecule has 0 bridgehead atoms. The molecule has 0 atom stereocenters. The van der Waals surface area contributed by atoms with Crippen molar-refractivity contribution in [1.82, 2.24) is 30.0 Å². The molecule has 2 aromatic carbocycles. The second kappa shape index (κ2) is 7.93. The van der Waals surface area contributed by atoms with Crippen molar-refractivity contribution in [3.63, 3.8) is 0 Å². The molecule has 1 N–H and O–H groups in total. The lowest BCUT2D eigenvalue weighted by Gasteiger charge is -2.06. The maximum atomic E-state index is 12.9. The minimum atomic E-state index is -0.182. The smallest absolute Gasteiger partial charge is 0.265 e. The van der Waals surface area contributed by atoms with Gasteiger partial charge in [-0.2, -0.15) is 5.10 Å².